The molecule has 0 atom stereocenters. The van der Waals surface area contributed by atoms with Crippen LogP contribution in [0.15, 0.2) is 28.7 Å². The number of anilines is 1. The van der Waals surface area contributed by atoms with Crippen molar-refractivity contribution in [3.63, 3.8) is 0 Å². The standard InChI is InChI=1S/C15H19BrN4O/c1-4-12-13(17)14(20(3)18-12)15(21)19(2)9-10-5-7-11(16)8-6-10/h5-8H,4,9,17H2,1-3H3. The number of nitrogens with zero attached hydrogens (tertiary/aromatic N) is 3. The second-order valence-electron chi connectivity index (χ2n) is 4.97. The second kappa shape index (κ2) is 6.30. The SMILES string of the molecule is CCc1nn(C)c(C(=O)N(C)Cc2ccc(Br)cc2)c1N. The summed E-state index contributed by atoms with van der Waals surface area (Å²) in [5.41, 5.74) is 8.78. The van der Waals surface area contributed by atoms with E-state index in [1.54, 1.807) is 23.7 Å². The highest BCUT2D eigenvalue weighted by Crippen LogP contribution is 2.19. The molecule has 1 amide bonds. The smallest absolute Gasteiger partial charge is 0.274 e. The van der Waals surface area contributed by atoms with Crippen molar-refractivity contribution in [2.24, 2.45) is 7.05 Å². The molecular weight excluding hydrogens is 332 g/mol. The van der Waals surface area contributed by atoms with Gasteiger partial charge in [-0.25, -0.2) is 0 Å². The van der Waals surface area contributed by atoms with E-state index < -0.39 is 0 Å². The molecule has 0 bridgehead atoms. The van der Waals surface area contributed by atoms with E-state index in [0.29, 0.717) is 24.3 Å². The van der Waals surface area contributed by atoms with Crippen LogP contribution < -0.4 is 5.73 Å². The quantitative estimate of drug-likeness (QED) is 0.921. The Kier molecular flexibility index (Phi) is 4.67. The van der Waals surface area contributed by atoms with Crippen LogP contribution in [-0.4, -0.2) is 27.6 Å². The summed E-state index contributed by atoms with van der Waals surface area (Å²) in [5, 5.41) is 4.29. The van der Waals surface area contributed by atoms with Crippen molar-refractivity contribution in [1.82, 2.24) is 14.7 Å². The number of nitrogen functional groups attached to an aromatic ring is 1. The molecule has 0 aliphatic heterocycles. The van der Waals surface area contributed by atoms with E-state index in [9.17, 15) is 4.79 Å². The lowest BCUT2D eigenvalue weighted by molar-refractivity contribution is 0.0775. The number of halogens is 1. The maximum absolute atomic E-state index is 12.6. The van der Waals surface area contributed by atoms with E-state index in [4.69, 9.17) is 5.73 Å². The lowest BCUT2D eigenvalue weighted by Gasteiger charge is -2.17. The lowest BCUT2D eigenvalue weighted by Crippen LogP contribution is -2.28. The molecule has 0 aliphatic carbocycles. The Morgan fingerprint density at radius 2 is 2.00 bits per heavy atom. The molecule has 0 unspecified atom stereocenters. The van der Waals surface area contributed by atoms with Crippen molar-refractivity contribution in [3.8, 4) is 0 Å². The van der Waals surface area contributed by atoms with E-state index in [-0.39, 0.29) is 5.91 Å². The highest BCUT2D eigenvalue weighted by Gasteiger charge is 2.22. The Morgan fingerprint density at radius 1 is 1.38 bits per heavy atom. The third-order valence-corrected chi connectivity index (χ3v) is 3.91. The Morgan fingerprint density at radius 3 is 2.52 bits per heavy atom. The summed E-state index contributed by atoms with van der Waals surface area (Å²) in [6.45, 7) is 2.50. The van der Waals surface area contributed by atoms with Crippen molar-refractivity contribution in [1.29, 1.82) is 0 Å². The average molecular weight is 351 g/mol. The number of benzene rings is 1. The summed E-state index contributed by atoms with van der Waals surface area (Å²) in [7, 11) is 3.51. The zero-order valence-electron chi connectivity index (χ0n) is 12.4. The molecule has 0 aliphatic rings. The second-order valence-corrected chi connectivity index (χ2v) is 5.89. The van der Waals surface area contributed by atoms with Gasteiger partial charge in [0.25, 0.3) is 5.91 Å². The molecular formula is C15H19BrN4O. The highest BCUT2D eigenvalue weighted by atomic mass is 79.9. The van der Waals surface area contributed by atoms with Crippen LogP contribution in [0.2, 0.25) is 0 Å². The monoisotopic (exact) mass is 350 g/mol. The molecule has 2 N–H and O–H groups in total. The fraction of sp³-hybridized carbons (Fsp3) is 0.333. The van der Waals surface area contributed by atoms with E-state index in [1.807, 2.05) is 31.2 Å². The summed E-state index contributed by atoms with van der Waals surface area (Å²) < 4.78 is 2.58. The van der Waals surface area contributed by atoms with Crippen LogP contribution in [0.3, 0.4) is 0 Å². The van der Waals surface area contributed by atoms with E-state index in [2.05, 4.69) is 21.0 Å². The van der Waals surface area contributed by atoms with Crippen LogP contribution >= 0.6 is 15.9 Å². The number of nitrogens with two attached hydrogens (primary N) is 1. The summed E-state index contributed by atoms with van der Waals surface area (Å²) in [6.07, 6.45) is 0.712. The van der Waals surface area contributed by atoms with Gasteiger partial charge in [0, 0.05) is 25.1 Å². The van der Waals surface area contributed by atoms with Crippen molar-refractivity contribution in [3.05, 3.63) is 45.7 Å². The third kappa shape index (κ3) is 3.26. The predicted molar refractivity (Wildman–Crippen MR) is 86.9 cm³/mol. The zero-order chi connectivity index (χ0) is 15.6. The van der Waals surface area contributed by atoms with Gasteiger partial charge in [-0.3, -0.25) is 9.48 Å². The minimum atomic E-state index is -0.120. The molecule has 0 fully saturated rings. The first kappa shape index (κ1) is 15.6. The molecule has 0 radical (unpaired) electrons. The van der Waals surface area contributed by atoms with Gasteiger partial charge < -0.3 is 10.6 Å². The van der Waals surface area contributed by atoms with Gasteiger partial charge in [-0.2, -0.15) is 5.10 Å². The van der Waals surface area contributed by atoms with Crippen LogP contribution in [0.25, 0.3) is 0 Å². The summed E-state index contributed by atoms with van der Waals surface area (Å²) in [4.78, 5) is 14.2. The van der Waals surface area contributed by atoms with Crippen molar-refractivity contribution in [2.45, 2.75) is 19.9 Å². The van der Waals surface area contributed by atoms with Gasteiger partial charge in [-0.15, -0.1) is 0 Å². The number of hydrogen-bond acceptors (Lipinski definition) is 3. The third-order valence-electron chi connectivity index (χ3n) is 3.38. The van der Waals surface area contributed by atoms with Gasteiger partial charge in [0.2, 0.25) is 0 Å². The minimum Gasteiger partial charge on any atom is -0.395 e. The molecule has 1 aromatic heterocycles. The topological polar surface area (TPSA) is 64.2 Å². The van der Waals surface area contributed by atoms with E-state index in [0.717, 1.165) is 15.7 Å². The van der Waals surface area contributed by atoms with Crippen LogP contribution in [0.1, 0.15) is 28.7 Å². The zero-order valence-corrected chi connectivity index (χ0v) is 14.0. The normalized spacial score (nSPS) is 10.7. The summed E-state index contributed by atoms with van der Waals surface area (Å²) in [6, 6.07) is 7.89. The first-order valence-electron chi connectivity index (χ1n) is 6.75. The van der Waals surface area contributed by atoms with Crippen molar-refractivity contribution >= 4 is 27.5 Å². The minimum absolute atomic E-state index is 0.120. The number of aryl methyl sites for hydroxylation is 2. The molecule has 21 heavy (non-hydrogen) atoms. The number of rotatable bonds is 4. The number of amides is 1. The van der Waals surface area contributed by atoms with E-state index in [1.165, 1.54) is 0 Å². The summed E-state index contributed by atoms with van der Waals surface area (Å²) in [5.74, 6) is -0.120. The highest BCUT2D eigenvalue weighted by molar-refractivity contribution is 9.10. The molecule has 1 heterocycles. The fourth-order valence-electron chi connectivity index (χ4n) is 2.23. The fourth-order valence-corrected chi connectivity index (χ4v) is 2.49. The van der Waals surface area contributed by atoms with Crippen molar-refractivity contribution in [2.75, 3.05) is 12.8 Å². The molecule has 0 saturated heterocycles. The number of hydrogen-bond donors (Lipinski definition) is 1. The Balaban J connectivity index is 2.19. The molecule has 6 heteroatoms. The molecule has 1 aromatic carbocycles. The van der Waals surface area contributed by atoms with Gasteiger partial charge in [-0.1, -0.05) is 35.0 Å². The van der Waals surface area contributed by atoms with Gasteiger partial charge >= 0.3 is 0 Å². The van der Waals surface area contributed by atoms with Gasteiger partial charge in [0.15, 0.2) is 0 Å². The Hall–Kier alpha value is -1.82. The Bertz CT molecular complexity index is 648. The van der Waals surface area contributed by atoms with Gasteiger partial charge in [0.05, 0.1) is 11.4 Å². The van der Waals surface area contributed by atoms with Crippen molar-refractivity contribution < 1.29 is 4.79 Å². The first-order chi connectivity index (χ1) is 9.93. The Labute approximate surface area is 132 Å². The van der Waals surface area contributed by atoms with Crippen LogP contribution in [0.4, 0.5) is 5.69 Å². The molecule has 2 aromatic rings. The number of aromatic nitrogens is 2. The van der Waals surface area contributed by atoms with Crippen LogP contribution in [0, 0.1) is 0 Å². The van der Waals surface area contributed by atoms with E-state index >= 15 is 0 Å². The number of carbonyl (C=O) groups excluding carboxylic acids is 1. The van der Waals surface area contributed by atoms with Crippen LogP contribution in [-0.2, 0) is 20.0 Å². The molecule has 0 saturated carbocycles. The summed E-state index contributed by atoms with van der Waals surface area (Å²) >= 11 is 3.40. The maximum atomic E-state index is 12.6. The van der Waals surface area contributed by atoms with Crippen LogP contribution in [0.5, 0.6) is 0 Å². The predicted octanol–water partition coefficient (Wildman–Crippen LogP) is 2.60. The largest absolute Gasteiger partial charge is 0.395 e. The lowest BCUT2D eigenvalue weighted by atomic mass is 10.2. The molecule has 5 nitrogen and oxygen atoms in total. The molecule has 112 valence electrons. The maximum Gasteiger partial charge on any atom is 0.274 e. The van der Waals surface area contributed by atoms with Gasteiger partial charge in [-0.05, 0) is 24.1 Å². The average Bonchev–Trinajstić information content (AvgIpc) is 2.75. The first-order valence-corrected chi connectivity index (χ1v) is 7.54. The number of carbonyl (C=O) groups is 1. The molecule has 2 rings (SSSR count). The van der Waals surface area contributed by atoms with Gasteiger partial charge in [0.1, 0.15) is 5.69 Å². The molecule has 0 spiro atoms.